The summed E-state index contributed by atoms with van der Waals surface area (Å²) in [5.74, 6) is -0.346. The lowest BCUT2D eigenvalue weighted by Gasteiger charge is -2.13. The summed E-state index contributed by atoms with van der Waals surface area (Å²) in [5.41, 5.74) is 1.95. The van der Waals surface area contributed by atoms with E-state index in [9.17, 15) is 18.8 Å². The Labute approximate surface area is 211 Å². The number of rotatable bonds is 9. The van der Waals surface area contributed by atoms with Gasteiger partial charge in [-0.25, -0.2) is 4.39 Å². The molecule has 0 unspecified atom stereocenters. The lowest BCUT2D eigenvalue weighted by atomic mass is 10.1. The first-order valence-electron chi connectivity index (χ1n) is 11.2. The maximum atomic E-state index is 13.2. The van der Waals surface area contributed by atoms with Gasteiger partial charge in [0.2, 0.25) is 0 Å². The number of halogens is 1. The molecule has 1 heterocycles. The SMILES string of the molecule is CCOc1cc(/C=C2\SC(=O)N(Cc3ccc(F)cc3)C2=O)ccc1OCC(=O)Nc1ccccc1. The molecule has 0 atom stereocenters. The van der Waals surface area contributed by atoms with Crippen LogP contribution in [0.15, 0.2) is 77.7 Å². The highest BCUT2D eigenvalue weighted by molar-refractivity contribution is 8.18. The van der Waals surface area contributed by atoms with E-state index in [1.165, 1.54) is 24.3 Å². The van der Waals surface area contributed by atoms with Crippen molar-refractivity contribution in [2.45, 2.75) is 13.5 Å². The number of carbonyl (C=O) groups is 3. The first-order valence-corrected chi connectivity index (χ1v) is 12.0. The van der Waals surface area contributed by atoms with E-state index >= 15 is 0 Å². The van der Waals surface area contributed by atoms with E-state index in [-0.39, 0.29) is 29.8 Å². The largest absolute Gasteiger partial charge is 0.490 e. The summed E-state index contributed by atoms with van der Waals surface area (Å²) in [6, 6.07) is 19.7. The normalized spacial score (nSPS) is 14.3. The maximum absolute atomic E-state index is 13.2. The van der Waals surface area contributed by atoms with Crippen LogP contribution in [0.1, 0.15) is 18.1 Å². The third-order valence-corrected chi connectivity index (χ3v) is 6.02. The maximum Gasteiger partial charge on any atom is 0.293 e. The molecular weight excluding hydrogens is 483 g/mol. The van der Waals surface area contributed by atoms with Crippen LogP contribution in [0.3, 0.4) is 0 Å². The van der Waals surface area contributed by atoms with E-state index in [1.807, 2.05) is 25.1 Å². The van der Waals surface area contributed by atoms with Crippen molar-refractivity contribution < 1.29 is 28.2 Å². The highest BCUT2D eigenvalue weighted by Crippen LogP contribution is 2.35. The van der Waals surface area contributed by atoms with Crippen LogP contribution < -0.4 is 14.8 Å². The summed E-state index contributed by atoms with van der Waals surface area (Å²) < 4.78 is 24.5. The van der Waals surface area contributed by atoms with Gasteiger partial charge in [0.25, 0.3) is 17.1 Å². The Morgan fingerprint density at radius 3 is 2.47 bits per heavy atom. The van der Waals surface area contributed by atoms with Crippen molar-refractivity contribution in [2.75, 3.05) is 18.5 Å². The minimum atomic E-state index is -0.426. The molecule has 1 N–H and O–H groups in total. The second-order valence-corrected chi connectivity index (χ2v) is 8.73. The Morgan fingerprint density at radius 2 is 1.75 bits per heavy atom. The molecule has 4 rings (SSSR count). The van der Waals surface area contributed by atoms with Crippen LogP contribution in [-0.4, -0.2) is 35.2 Å². The van der Waals surface area contributed by atoms with Crippen LogP contribution in [0.25, 0.3) is 6.08 Å². The van der Waals surface area contributed by atoms with E-state index in [2.05, 4.69) is 5.32 Å². The highest BCUT2D eigenvalue weighted by atomic mass is 32.2. The second-order valence-electron chi connectivity index (χ2n) is 7.74. The van der Waals surface area contributed by atoms with Crippen molar-refractivity contribution in [1.82, 2.24) is 4.90 Å². The lowest BCUT2D eigenvalue weighted by Crippen LogP contribution is -2.27. The molecule has 1 aliphatic rings. The first-order chi connectivity index (χ1) is 17.4. The summed E-state index contributed by atoms with van der Waals surface area (Å²) >= 11 is 0.837. The van der Waals surface area contributed by atoms with Gasteiger partial charge in [0.1, 0.15) is 5.82 Å². The van der Waals surface area contributed by atoms with Crippen molar-refractivity contribution in [3.05, 3.63) is 94.6 Å². The minimum absolute atomic E-state index is 0.0598. The molecule has 1 saturated heterocycles. The molecular formula is C27H23FN2O5S. The number of amides is 3. The molecule has 3 aromatic carbocycles. The third kappa shape index (κ3) is 6.31. The summed E-state index contributed by atoms with van der Waals surface area (Å²) in [7, 11) is 0. The molecule has 1 aliphatic heterocycles. The van der Waals surface area contributed by atoms with Gasteiger partial charge in [-0.05, 0) is 72.3 Å². The minimum Gasteiger partial charge on any atom is -0.490 e. The fourth-order valence-electron chi connectivity index (χ4n) is 3.42. The van der Waals surface area contributed by atoms with Crippen molar-refractivity contribution in [3.8, 4) is 11.5 Å². The average molecular weight is 507 g/mol. The van der Waals surface area contributed by atoms with E-state index in [0.717, 1.165) is 16.7 Å². The van der Waals surface area contributed by atoms with Gasteiger partial charge >= 0.3 is 0 Å². The predicted octanol–water partition coefficient (Wildman–Crippen LogP) is 5.48. The van der Waals surface area contributed by atoms with Gasteiger partial charge in [-0.1, -0.05) is 36.4 Å². The van der Waals surface area contributed by atoms with Crippen molar-refractivity contribution >= 4 is 40.6 Å². The predicted molar refractivity (Wildman–Crippen MR) is 136 cm³/mol. The quantitative estimate of drug-likeness (QED) is 0.387. The number of anilines is 1. The summed E-state index contributed by atoms with van der Waals surface area (Å²) in [6.07, 6.45) is 1.60. The number of thioether (sulfide) groups is 1. The number of benzene rings is 3. The van der Waals surface area contributed by atoms with E-state index in [0.29, 0.717) is 34.9 Å². The van der Waals surface area contributed by atoms with Crippen LogP contribution in [0, 0.1) is 5.82 Å². The Hall–Kier alpha value is -4.11. The number of para-hydroxylation sites is 1. The monoisotopic (exact) mass is 506 g/mol. The van der Waals surface area contributed by atoms with E-state index < -0.39 is 11.1 Å². The third-order valence-electron chi connectivity index (χ3n) is 5.11. The molecule has 0 radical (unpaired) electrons. The van der Waals surface area contributed by atoms with Gasteiger partial charge in [-0.2, -0.15) is 0 Å². The van der Waals surface area contributed by atoms with Crippen LogP contribution >= 0.6 is 11.8 Å². The Balaban J connectivity index is 1.44. The van der Waals surface area contributed by atoms with Crippen LogP contribution in [0.2, 0.25) is 0 Å². The zero-order valence-corrected chi connectivity index (χ0v) is 20.2. The van der Waals surface area contributed by atoms with E-state index in [1.54, 1.807) is 36.4 Å². The molecule has 3 aromatic rings. The number of carbonyl (C=O) groups excluding carboxylic acids is 3. The Bertz CT molecular complexity index is 1300. The standard InChI is InChI=1S/C27H23FN2O5S/c1-2-34-23-14-19(10-13-22(23)35-17-25(31)29-21-6-4-3-5-7-21)15-24-26(32)30(27(33)36-24)16-18-8-11-20(28)12-9-18/h3-15H,2,16-17H2,1H3,(H,29,31)/b24-15-. The molecule has 184 valence electrons. The average Bonchev–Trinajstić information content (AvgIpc) is 3.13. The fraction of sp³-hybridized carbons (Fsp3) is 0.148. The fourth-order valence-corrected chi connectivity index (χ4v) is 4.26. The lowest BCUT2D eigenvalue weighted by molar-refractivity contribution is -0.123. The zero-order valence-electron chi connectivity index (χ0n) is 19.4. The Kier molecular flexibility index (Phi) is 8.02. The van der Waals surface area contributed by atoms with Gasteiger partial charge in [0.15, 0.2) is 18.1 Å². The number of nitrogens with one attached hydrogen (secondary N) is 1. The summed E-state index contributed by atoms with van der Waals surface area (Å²) in [4.78, 5) is 38.9. The molecule has 0 aliphatic carbocycles. The van der Waals surface area contributed by atoms with Gasteiger partial charge in [0.05, 0.1) is 18.1 Å². The molecule has 0 bridgehead atoms. The summed E-state index contributed by atoms with van der Waals surface area (Å²) in [5, 5.41) is 2.35. The van der Waals surface area contributed by atoms with Gasteiger partial charge in [0, 0.05) is 5.69 Å². The number of imide groups is 1. The number of nitrogens with zero attached hydrogens (tertiary/aromatic N) is 1. The molecule has 0 saturated carbocycles. The van der Waals surface area contributed by atoms with Crippen LogP contribution in [0.5, 0.6) is 11.5 Å². The van der Waals surface area contributed by atoms with Gasteiger partial charge in [-0.3, -0.25) is 19.3 Å². The molecule has 7 nitrogen and oxygen atoms in total. The van der Waals surface area contributed by atoms with Gasteiger partial charge in [-0.15, -0.1) is 0 Å². The van der Waals surface area contributed by atoms with Crippen molar-refractivity contribution in [3.63, 3.8) is 0 Å². The smallest absolute Gasteiger partial charge is 0.293 e. The molecule has 0 aromatic heterocycles. The first kappa shape index (κ1) is 25.0. The zero-order chi connectivity index (χ0) is 25.5. The van der Waals surface area contributed by atoms with Crippen LogP contribution in [-0.2, 0) is 16.1 Å². The number of hydrogen-bond donors (Lipinski definition) is 1. The molecule has 1 fully saturated rings. The van der Waals surface area contributed by atoms with Crippen molar-refractivity contribution in [2.24, 2.45) is 0 Å². The van der Waals surface area contributed by atoms with Crippen molar-refractivity contribution in [1.29, 1.82) is 0 Å². The molecule has 36 heavy (non-hydrogen) atoms. The highest BCUT2D eigenvalue weighted by Gasteiger charge is 2.35. The van der Waals surface area contributed by atoms with E-state index in [4.69, 9.17) is 9.47 Å². The van der Waals surface area contributed by atoms with Crippen LogP contribution in [0.4, 0.5) is 14.9 Å². The topological polar surface area (TPSA) is 84.9 Å². The molecule has 9 heteroatoms. The number of hydrogen-bond acceptors (Lipinski definition) is 6. The second kappa shape index (κ2) is 11.5. The summed E-state index contributed by atoms with van der Waals surface area (Å²) in [6.45, 7) is 2.03. The number of ether oxygens (including phenoxy) is 2. The molecule has 3 amide bonds. The van der Waals surface area contributed by atoms with Gasteiger partial charge < -0.3 is 14.8 Å². The molecule has 0 spiro atoms. The Morgan fingerprint density at radius 1 is 1.00 bits per heavy atom.